The smallest absolute Gasteiger partial charge is 0.125 e. The third kappa shape index (κ3) is 4.14. The maximum Gasteiger partial charge on any atom is 0.125 e. The average Bonchev–Trinajstić information content (AvgIpc) is 2.25. The highest BCUT2D eigenvalue weighted by Gasteiger charge is 2.07. The Kier molecular flexibility index (Phi) is 5.58. The van der Waals surface area contributed by atoms with Crippen LogP contribution in [0.4, 0.5) is 0 Å². The van der Waals surface area contributed by atoms with Crippen molar-refractivity contribution in [3.05, 3.63) is 29.8 Å². The SMILES string of the molecule is CCSCCOc1ccccc1C(C)O. The second kappa shape index (κ2) is 6.75. The van der Waals surface area contributed by atoms with Crippen molar-refractivity contribution in [2.24, 2.45) is 0 Å². The molecule has 0 aromatic heterocycles. The van der Waals surface area contributed by atoms with Gasteiger partial charge in [0.25, 0.3) is 0 Å². The molecule has 0 aliphatic rings. The van der Waals surface area contributed by atoms with Crippen LogP contribution in [-0.4, -0.2) is 23.2 Å². The van der Waals surface area contributed by atoms with Crippen LogP contribution >= 0.6 is 11.8 Å². The van der Waals surface area contributed by atoms with Gasteiger partial charge in [-0.1, -0.05) is 25.1 Å². The summed E-state index contributed by atoms with van der Waals surface area (Å²) in [6.45, 7) is 4.58. The Bertz CT molecular complexity index is 287. The summed E-state index contributed by atoms with van der Waals surface area (Å²) in [5.74, 6) is 2.90. The van der Waals surface area contributed by atoms with Crippen molar-refractivity contribution >= 4 is 11.8 Å². The standard InChI is InChI=1S/C12H18O2S/c1-3-15-9-8-14-12-7-5-4-6-11(12)10(2)13/h4-7,10,13H,3,8-9H2,1-2H3. The van der Waals surface area contributed by atoms with E-state index in [2.05, 4.69) is 6.92 Å². The van der Waals surface area contributed by atoms with E-state index in [1.807, 2.05) is 36.0 Å². The Labute approximate surface area is 95.7 Å². The molecule has 0 radical (unpaired) electrons. The third-order valence-corrected chi connectivity index (χ3v) is 2.92. The minimum Gasteiger partial charge on any atom is -0.492 e. The van der Waals surface area contributed by atoms with Gasteiger partial charge in [-0.15, -0.1) is 0 Å². The molecule has 0 bridgehead atoms. The van der Waals surface area contributed by atoms with Crippen LogP contribution in [0, 0.1) is 0 Å². The van der Waals surface area contributed by atoms with Crippen molar-refractivity contribution in [1.29, 1.82) is 0 Å². The average molecular weight is 226 g/mol. The lowest BCUT2D eigenvalue weighted by molar-refractivity contribution is 0.192. The third-order valence-electron chi connectivity index (χ3n) is 2.06. The molecule has 0 amide bonds. The number of hydrogen-bond donors (Lipinski definition) is 1. The summed E-state index contributed by atoms with van der Waals surface area (Å²) < 4.78 is 5.62. The van der Waals surface area contributed by atoms with Crippen LogP contribution in [0.25, 0.3) is 0 Å². The second-order valence-electron chi connectivity index (χ2n) is 3.26. The summed E-state index contributed by atoms with van der Waals surface area (Å²) in [4.78, 5) is 0. The van der Waals surface area contributed by atoms with E-state index in [1.54, 1.807) is 6.92 Å². The predicted octanol–water partition coefficient (Wildman–Crippen LogP) is 2.87. The molecular formula is C12H18O2S. The second-order valence-corrected chi connectivity index (χ2v) is 4.65. The summed E-state index contributed by atoms with van der Waals surface area (Å²) in [5.41, 5.74) is 0.860. The van der Waals surface area contributed by atoms with Gasteiger partial charge in [-0.2, -0.15) is 11.8 Å². The number of aliphatic hydroxyl groups is 1. The van der Waals surface area contributed by atoms with E-state index in [9.17, 15) is 5.11 Å². The molecular weight excluding hydrogens is 208 g/mol. The van der Waals surface area contributed by atoms with E-state index in [-0.39, 0.29) is 0 Å². The van der Waals surface area contributed by atoms with E-state index < -0.39 is 6.10 Å². The summed E-state index contributed by atoms with van der Waals surface area (Å²) in [7, 11) is 0. The number of benzene rings is 1. The zero-order valence-electron chi connectivity index (χ0n) is 9.27. The molecule has 1 aromatic rings. The van der Waals surface area contributed by atoms with Crippen molar-refractivity contribution in [3.8, 4) is 5.75 Å². The van der Waals surface area contributed by atoms with Gasteiger partial charge in [-0.25, -0.2) is 0 Å². The largest absolute Gasteiger partial charge is 0.492 e. The van der Waals surface area contributed by atoms with Crippen molar-refractivity contribution in [1.82, 2.24) is 0 Å². The molecule has 0 spiro atoms. The number of aliphatic hydroxyl groups excluding tert-OH is 1. The maximum atomic E-state index is 9.52. The molecule has 1 atom stereocenters. The summed E-state index contributed by atoms with van der Waals surface area (Å²) >= 11 is 1.85. The molecule has 0 saturated carbocycles. The van der Waals surface area contributed by atoms with Gasteiger partial charge < -0.3 is 9.84 Å². The highest BCUT2D eigenvalue weighted by Crippen LogP contribution is 2.24. The molecule has 0 aliphatic carbocycles. The molecule has 0 heterocycles. The molecule has 84 valence electrons. The Hall–Kier alpha value is -0.670. The summed E-state index contributed by atoms with van der Waals surface area (Å²) in [6, 6.07) is 7.63. The van der Waals surface area contributed by atoms with Gasteiger partial charge in [0, 0.05) is 11.3 Å². The fourth-order valence-electron chi connectivity index (χ4n) is 1.31. The van der Waals surface area contributed by atoms with Gasteiger partial charge in [0.05, 0.1) is 12.7 Å². The van der Waals surface area contributed by atoms with Crippen LogP contribution in [0.15, 0.2) is 24.3 Å². The van der Waals surface area contributed by atoms with Gasteiger partial charge in [-0.3, -0.25) is 0 Å². The molecule has 3 heteroatoms. The van der Waals surface area contributed by atoms with Gasteiger partial charge in [0.1, 0.15) is 5.75 Å². The predicted molar refractivity (Wildman–Crippen MR) is 65.6 cm³/mol. The van der Waals surface area contributed by atoms with Gasteiger partial charge in [-0.05, 0) is 18.7 Å². The Morgan fingerprint density at radius 2 is 2.13 bits per heavy atom. The summed E-state index contributed by atoms with van der Waals surface area (Å²) in [6.07, 6.45) is -0.472. The highest BCUT2D eigenvalue weighted by atomic mass is 32.2. The Balaban J connectivity index is 2.52. The van der Waals surface area contributed by atoms with Crippen molar-refractivity contribution in [2.75, 3.05) is 18.1 Å². The van der Waals surface area contributed by atoms with Crippen LogP contribution in [0.2, 0.25) is 0 Å². The minimum atomic E-state index is -0.472. The number of rotatable bonds is 6. The molecule has 0 saturated heterocycles. The minimum absolute atomic E-state index is 0.472. The molecule has 1 rings (SSSR count). The van der Waals surface area contributed by atoms with Crippen LogP contribution in [0.1, 0.15) is 25.5 Å². The quantitative estimate of drug-likeness (QED) is 0.756. The fourth-order valence-corrected chi connectivity index (χ4v) is 1.80. The van der Waals surface area contributed by atoms with Crippen LogP contribution in [-0.2, 0) is 0 Å². The van der Waals surface area contributed by atoms with E-state index >= 15 is 0 Å². The molecule has 1 aromatic carbocycles. The molecule has 0 aliphatic heterocycles. The first-order chi connectivity index (χ1) is 7.25. The first-order valence-electron chi connectivity index (χ1n) is 5.23. The Morgan fingerprint density at radius 1 is 1.40 bits per heavy atom. The summed E-state index contributed by atoms with van der Waals surface area (Å²) in [5, 5.41) is 9.52. The highest BCUT2D eigenvalue weighted by molar-refractivity contribution is 7.99. The van der Waals surface area contributed by atoms with Crippen molar-refractivity contribution < 1.29 is 9.84 Å². The zero-order valence-corrected chi connectivity index (χ0v) is 10.1. The van der Waals surface area contributed by atoms with Crippen molar-refractivity contribution in [3.63, 3.8) is 0 Å². The zero-order chi connectivity index (χ0) is 11.1. The van der Waals surface area contributed by atoms with Crippen LogP contribution in [0.5, 0.6) is 5.75 Å². The molecule has 15 heavy (non-hydrogen) atoms. The first-order valence-corrected chi connectivity index (χ1v) is 6.38. The number of ether oxygens (including phenoxy) is 1. The molecule has 1 N–H and O–H groups in total. The van der Waals surface area contributed by atoms with Gasteiger partial charge in [0.2, 0.25) is 0 Å². The monoisotopic (exact) mass is 226 g/mol. The Morgan fingerprint density at radius 3 is 2.80 bits per heavy atom. The fraction of sp³-hybridized carbons (Fsp3) is 0.500. The van der Waals surface area contributed by atoms with E-state index in [1.165, 1.54) is 0 Å². The maximum absolute atomic E-state index is 9.52. The lowest BCUT2D eigenvalue weighted by Gasteiger charge is -2.12. The normalized spacial score (nSPS) is 12.5. The molecule has 0 fully saturated rings. The number of para-hydroxylation sites is 1. The van der Waals surface area contributed by atoms with Crippen LogP contribution in [0.3, 0.4) is 0 Å². The number of thioether (sulfide) groups is 1. The van der Waals surface area contributed by atoms with E-state index in [4.69, 9.17) is 4.74 Å². The first kappa shape index (κ1) is 12.4. The molecule has 2 nitrogen and oxygen atoms in total. The van der Waals surface area contributed by atoms with Crippen molar-refractivity contribution in [2.45, 2.75) is 20.0 Å². The van der Waals surface area contributed by atoms with Gasteiger partial charge in [0.15, 0.2) is 0 Å². The van der Waals surface area contributed by atoms with Crippen LogP contribution < -0.4 is 4.74 Å². The number of hydrogen-bond acceptors (Lipinski definition) is 3. The van der Waals surface area contributed by atoms with E-state index in [0.717, 1.165) is 22.8 Å². The molecule has 1 unspecified atom stereocenters. The van der Waals surface area contributed by atoms with Gasteiger partial charge >= 0.3 is 0 Å². The van der Waals surface area contributed by atoms with E-state index in [0.29, 0.717) is 6.61 Å². The lowest BCUT2D eigenvalue weighted by atomic mass is 10.1. The topological polar surface area (TPSA) is 29.5 Å². The lowest BCUT2D eigenvalue weighted by Crippen LogP contribution is -2.04.